The lowest BCUT2D eigenvalue weighted by molar-refractivity contribution is -0.117. The van der Waals surface area contributed by atoms with Crippen LogP contribution in [0.4, 0.5) is 14.5 Å². The van der Waals surface area contributed by atoms with Gasteiger partial charge in [-0.05, 0) is 54.8 Å². The zero-order valence-electron chi connectivity index (χ0n) is 16.8. The second-order valence-electron chi connectivity index (χ2n) is 7.55. The maximum atomic E-state index is 12.2. The van der Waals surface area contributed by atoms with Crippen LogP contribution in [0.15, 0.2) is 48.5 Å². The van der Waals surface area contributed by atoms with Gasteiger partial charge in [0.1, 0.15) is 30.0 Å². The molecule has 0 aliphatic carbocycles. The predicted molar refractivity (Wildman–Crippen MR) is 109 cm³/mol. The molecule has 2 atom stereocenters. The van der Waals surface area contributed by atoms with E-state index in [0.29, 0.717) is 12.2 Å². The molecule has 6 heteroatoms. The quantitative estimate of drug-likeness (QED) is 0.586. The van der Waals surface area contributed by atoms with E-state index in [2.05, 4.69) is 11.8 Å². The van der Waals surface area contributed by atoms with Gasteiger partial charge in [0, 0.05) is 25.1 Å². The highest BCUT2D eigenvalue weighted by Crippen LogP contribution is 2.27. The van der Waals surface area contributed by atoms with Gasteiger partial charge in [-0.25, -0.2) is 8.78 Å². The van der Waals surface area contributed by atoms with Gasteiger partial charge in [0.2, 0.25) is 0 Å². The van der Waals surface area contributed by atoms with Crippen LogP contribution in [0.3, 0.4) is 0 Å². The average molecular weight is 403 g/mol. The summed E-state index contributed by atoms with van der Waals surface area (Å²) in [6.07, 6.45) is -0.932. The Morgan fingerprint density at radius 1 is 1.10 bits per heavy atom. The predicted octanol–water partition coefficient (Wildman–Crippen LogP) is 5.07. The summed E-state index contributed by atoms with van der Waals surface area (Å²) in [7, 11) is 0. The van der Waals surface area contributed by atoms with E-state index in [-0.39, 0.29) is 17.8 Å². The van der Waals surface area contributed by atoms with Gasteiger partial charge in [0.15, 0.2) is 0 Å². The maximum absolute atomic E-state index is 12.2. The second-order valence-corrected chi connectivity index (χ2v) is 7.55. The molecule has 1 fully saturated rings. The second kappa shape index (κ2) is 9.72. The SMILES string of the molecule is CC(=O)C[C@@H](C)c1ccc(OC2CCN(c3ccc(OCC(F)F)cc3)C2)cc1. The molecule has 1 saturated heterocycles. The standard InChI is InChI=1S/C23H27F2NO3/c1-16(13-17(2)27)18-3-7-21(8-4-18)29-22-11-12-26(14-22)19-5-9-20(10-6-19)28-15-23(24)25/h3-10,16,22-23H,11-15H2,1-2H3/t16-,22?/m1/s1. The Hall–Kier alpha value is -2.63. The van der Waals surface area contributed by atoms with Crippen molar-refractivity contribution in [1.29, 1.82) is 0 Å². The van der Waals surface area contributed by atoms with E-state index in [4.69, 9.17) is 9.47 Å². The first-order valence-corrected chi connectivity index (χ1v) is 9.92. The van der Waals surface area contributed by atoms with Crippen LogP contribution < -0.4 is 14.4 Å². The summed E-state index contributed by atoms with van der Waals surface area (Å²) in [6, 6.07) is 15.2. The zero-order chi connectivity index (χ0) is 20.8. The molecule has 0 aromatic heterocycles. The zero-order valence-corrected chi connectivity index (χ0v) is 16.8. The first-order valence-electron chi connectivity index (χ1n) is 9.92. The third-order valence-electron chi connectivity index (χ3n) is 5.07. The highest BCUT2D eigenvalue weighted by atomic mass is 19.3. The number of anilines is 1. The molecule has 0 amide bonds. The lowest BCUT2D eigenvalue weighted by Gasteiger charge is -2.20. The summed E-state index contributed by atoms with van der Waals surface area (Å²) < 4.78 is 35.6. The van der Waals surface area contributed by atoms with E-state index in [1.165, 1.54) is 0 Å². The van der Waals surface area contributed by atoms with E-state index in [1.807, 2.05) is 36.4 Å². The fourth-order valence-electron chi connectivity index (χ4n) is 3.59. The third kappa shape index (κ3) is 6.17. The highest BCUT2D eigenvalue weighted by molar-refractivity contribution is 5.76. The van der Waals surface area contributed by atoms with Gasteiger partial charge in [0.25, 0.3) is 6.43 Å². The average Bonchev–Trinajstić information content (AvgIpc) is 3.15. The Morgan fingerprint density at radius 3 is 2.38 bits per heavy atom. The molecule has 156 valence electrons. The van der Waals surface area contributed by atoms with E-state index in [0.717, 1.165) is 36.5 Å². The lowest BCUT2D eigenvalue weighted by atomic mass is 9.96. The van der Waals surface area contributed by atoms with E-state index < -0.39 is 13.0 Å². The van der Waals surface area contributed by atoms with Crippen molar-refractivity contribution >= 4 is 11.5 Å². The molecular formula is C23H27F2NO3. The van der Waals surface area contributed by atoms with Gasteiger partial charge >= 0.3 is 0 Å². The molecule has 0 radical (unpaired) electrons. The van der Waals surface area contributed by atoms with Gasteiger partial charge < -0.3 is 19.2 Å². The number of carbonyl (C=O) groups excluding carboxylic acids is 1. The molecule has 1 unspecified atom stereocenters. The van der Waals surface area contributed by atoms with Gasteiger partial charge in [-0.1, -0.05) is 19.1 Å². The Balaban J connectivity index is 1.51. The molecule has 29 heavy (non-hydrogen) atoms. The summed E-state index contributed by atoms with van der Waals surface area (Å²) in [5, 5.41) is 0. The van der Waals surface area contributed by atoms with Crippen LogP contribution in [0.2, 0.25) is 0 Å². The molecule has 1 aliphatic rings. The molecule has 1 aliphatic heterocycles. The summed E-state index contributed by atoms with van der Waals surface area (Å²) >= 11 is 0. The normalized spacial score (nSPS) is 17.4. The Labute approximate surface area is 170 Å². The van der Waals surface area contributed by atoms with Crippen LogP contribution in [-0.2, 0) is 4.79 Å². The smallest absolute Gasteiger partial charge is 0.272 e. The van der Waals surface area contributed by atoms with Crippen molar-refractivity contribution in [2.75, 3.05) is 24.6 Å². The molecule has 3 rings (SSSR count). The first-order chi connectivity index (χ1) is 13.9. The molecule has 0 N–H and O–H groups in total. The van der Waals surface area contributed by atoms with Crippen LogP contribution >= 0.6 is 0 Å². The molecular weight excluding hydrogens is 376 g/mol. The Bertz CT molecular complexity index is 793. The summed E-state index contributed by atoms with van der Waals surface area (Å²) in [6.45, 7) is 4.71. The Kier molecular flexibility index (Phi) is 7.07. The van der Waals surface area contributed by atoms with Crippen molar-refractivity contribution in [1.82, 2.24) is 0 Å². The minimum absolute atomic E-state index is 0.0882. The number of benzene rings is 2. The molecule has 0 bridgehead atoms. The molecule has 0 spiro atoms. The molecule has 4 nitrogen and oxygen atoms in total. The fourth-order valence-corrected chi connectivity index (χ4v) is 3.59. The third-order valence-corrected chi connectivity index (χ3v) is 5.07. The van der Waals surface area contributed by atoms with Gasteiger partial charge in [-0.2, -0.15) is 0 Å². The van der Waals surface area contributed by atoms with Gasteiger partial charge in [-0.15, -0.1) is 0 Å². The number of carbonyl (C=O) groups is 1. The van der Waals surface area contributed by atoms with Crippen LogP contribution in [0, 0.1) is 0 Å². The number of rotatable bonds is 9. The van der Waals surface area contributed by atoms with Crippen molar-refractivity contribution in [2.24, 2.45) is 0 Å². The van der Waals surface area contributed by atoms with Crippen molar-refractivity contribution in [3.63, 3.8) is 0 Å². The number of hydrogen-bond donors (Lipinski definition) is 0. The largest absolute Gasteiger partial charge is 0.489 e. The van der Waals surface area contributed by atoms with Crippen LogP contribution in [0.25, 0.3) is 0 Å². The number of nitrogens with zero attached hydrogens (tertiary/aromatic N) is 1. The lowest BCUT2D eigenvalue weighted by Crippen LogP contribution is -2.24. The number of alkyl halides is 2. The van der Waals surface area contributed by atoms with Crippen molar-refractivity contribution in [3.8, 4) is 11.5 Å². The molecule has 1 heterocycles. The molecule has 0 saturated carbocycles. The van der Waals surface area contributed by atoms with Crippen molar-refractivity contribution < 1.29 is 23.0 Å². The number of ether oxygens (including phenoxy) is 2. The first kappa shape index (κ1) is 21.1. The Morgan fingerprint density at radius 2 is 1.76 bits per heavy atom. The summed E-state index contributed by atoms with van der Waals surface area (Å²) in [5.41, 5.74) is 2.16. The number of ketones is 1. The monoisotopic (exact) mass is 403 g/mol. The number of hydrogen-bond acceptors (Lipinski definition) is 4. The van der Waals surface area contributed by atoms with Crippen LogP contribution in [0.1, 0.15) is 38.2 Å². The van der Waals surface area contributed by atoms with Crippen molar-refractivity contribution in [2.45, 2.75) is 45.1 Å². The minimum atomic E-state index is -2.47. The van der Waals surface area contributed by atoms with Gasteiger partial charge in [0.05, 0.1) is 6.54 Å². The molecule has 2 aromatic rings. The van der Waals surface area contributed by atoms with Crippen LogP contribution in [-0.4, -0.2) is 38.0 Å². The topological polar surface area (TPSA) is 38.8 Å². The van der Waals surface area contributed by atoms with E-state index in [9.17, 15) is 13.6 Å². The van der Waals surface area contributed by atoms with Crippen LogP contribution in [0.5, 0.6) is 11.5 Å². The fraction of sp³-hybridized carbons (Fsp3) is 0.435. The number of halogens is 2. The molecule has 2 aromatic carbocycles. The summed E-state index contributed by atoms with van der Waals surface area (Å²) in [4.78, 5) is 13.5. The maximum Gasteiger partial charge on any atom is 0.272 e. The van der Waals surface area contributed by atoms with E-state index in [1.54, 1.807) is 19.1 Å². The summed E-state index contributed by atoms with van der Waals surface area (Å²) in [5.74, 6) is 1.67. The van der Waals surface area contributed by atoms with Crippen molar-refractivity contribution in [3.05, 3.63) is 54.1 Å². The minimum Gasteiger partial charge on any atom is -0.489 e. The van der Waals surface area contributed by atoms with Gasteiger partial charge in [-0.3, -0.25) is 0 Å². The highest BCUT2D eigenvalue weighted by Gasteiger charge is 2.24. The number of Topliss-reactive ketones (excluding diaryl/α,β-unsaturated/α-hetero) is 1. The van der Waals surface area contributed by atoms with E-state index >= 15 is 0 Å².